The van der Waals surface area contributed by atoms with Gasteiger partial charge >= 0.3 is 11.9 Å². The predicted octanol–water partition coefficient (Wildman–Crippen LogP) is 2.69. The molecule has 0 saturated carbocycles. The number of rotatable bonds is 2. The maximum Gasteiger partial charge on any atom is 0.416 e. The van der Waals surface area contributed by atoms with Crippen molar-refractivity contribution in [3.05, 3.63) is 34.2 Å². The van der Waals surface area contributed by atoms with E-state index in [1.54, 1.807) is 0 Å². The number of halogens is 3. The number of aromatic nitrogens is 2. The summed E-state index contributed by atoms with van der Waals surface area (Å²) in [6, 6.07) is 3.37. The van der Waals surface area contributed by atoms with Gasteiger partial charge in [0.1, 0.15) is 0 Å². The number of hydrogen-bond acceptors (Lipinski definition) is 2. The number of alkyl halides is 3. The number of nitrogens with one attached hydrogen (secondary N) is 1. The van der Waals surface area contributed by atoms with Gasteiger partial charge in [0.05, 0.1) is 16.6 Å². The van der Waals surface area contributed by atoms with Crippen molar-refractivity contribution in [2.45, 2.75) is 25.6 Å². The average Bonchev–Trinajstić information content (AvgIpc) is 2.74. The first-order valence-electron chi connectivity index (χ1n) is 7.33. The average molecular weight is 313 g/mol. The van der Waals surface area contributed by atoms with Gasteiger partial charge in [-0.25, -0.2) is 4.79 Å². The van der Waals surface area contributed by atoms with E-state index in [4.69, 9.17) is 0 Å². The van der Waals surface area contributed by atoms with E-state index in [-0.39, 0.29) is 11.6 Å². The first kappa shape index (κ1) is 15.1. The van der Waals surface area contributed by atoms with Gasteiger partial charge in [-0.3, -0.25) is 4.57 Å². The van der Waals surface area contributed by atoms with E-state index in [2.05, 4.69) is 9.88 Å². The van der Waals surface area contributed by atoms with Gasteiger partial charge in [-0.15, -0.1) is 0 Å². The van der Waals surface area contributed by atoms with E-state index in [0.29, 0.717) is 17.6 Å². The van der Waals surface area contributed by atoms with Crippen LogP contribution in [0.1, 0.15) is 18.4 Å². The van der Waals surface area contributed by atoms with Crippen LogP contribution in [0.25, 0.3) is 11.0 Å². The molecule has 1 unspecified atom stereocenters. The van der Waals surface area contributed by atoms with E-state index in [1.165, 1.54) is 10.6 Å². The third kappa shape index (κ3) is 2.90. The third-order valence-corrected chi connectivity index (χ3v) is 4.27. The molecule has 0 spiro atoms. The Labute approximate surface area is 125 Å². The highest BCUT2D eigenvalue weighted by Gasteiger charge is 2.31. The lowest BCUT2D eigenvalue weighted by Crippen LogP contribution is -2.35. The molecular weight excluding hydrogens is 295 g/mol. The van der Waals surface area contributed by atoms with Crippen LogP contribution in [0, 0.1) is 5.92 Å². The predicted molar refractivity (Wildman–Crippen MR) is 77.8 cm³/mol. The Morgan fingerprint density at radius 1 is 1.36 bits per heavy atom. The lowest BCUT2D eigenvalue weighted by atomic mass is 9.98. The van der Waals surface area contributed by atoms with Crippen molar-refractivity contribution in [1.29, 1.82) is 0 Å². The topological polar surface area (TPSA) is 41.0 Å². The van der Waals surface area contributed by atoms with Crippen LogP contribution in [-0.2, 0) is 12.7 Å². The second kappa shape index (κ2) is 5.46. The number of piperidine rings is 1. The summed E-state index contributed by atoms with van der Waals surface area (Å²) in [5.41, 5.74) is -0.300. The molecule has 3 rings (SSSR count). The largest absolute Gasteiger partial charge is 0.416 e. The van der Waals surface area contributed by atoms with Crippen LogP contribution in [-0.4, -0.2) is 34.6 Å². The van der Waals surface area contributed by atoms with Crippen molar-refractivity contribution in [2.24, 2.45) is 5.92 Å². The summed E-state index contributed by atoms with van der Waals surface area (Å²) in [6.07, 6.45) is -2.37. The van der Waals surface area contributed by atoms with E-state index in [0.717, 1.165) is 38.1 Å². The van der Waals surface area contributed by atoms with Gasteiger partial charge in [-0.05, 0) is 50.6 Å². The second-order valence-corrected chi connectivity index (χ2v) is 6.04. The molecule has 0 aliphatic carbocycles. The zero-order chi connectivity index (χ0) is 15.9. The Morgan fingerprint density at radius 2 is 2.14 bits per heavy atom. The molecule has 1 saturated heterocycles. The second-order valence-electron chi connectivity index (χ2n) is 6.04. The van der Waals surface area contributed by atoms with Crippen LogP contribution in [0.5, 0.6) is 0 Å². The molecule has 0 radical (unpaired) electrons. The van der Waals surface area contributed by atoms with Crippen molar-refractivity contribution in [1.82, 2.24) is 14.5 Å². The van der Waals surface area contributed by atoms with Gasteiger partial charge < -0.3 is 9.88 Å². The molecule has 2 aromatic rings. The fourth-order valence-electron chi connectivity index (χ4n) is 3.19. The van der Waals surface area contributed by atoms with Gasteiger partial charge in [0, 0.05) is 13.1 Å². The molecule has 0 bridgehead atoms. The number of nitrogens with zero attached hydrogens (tertiary/aromatic N) is 2. The SMILES string of the molecule is CN1CCCC(Cn2c(=O)[nH]c3ccc(C(F)(F)F)cc32)C1. The molecule has 2 heterocycles. The smallest absolute Gasteiger partial charge is 0.306 e. The Hall–Kier alpha value is -1.76. The first-order valence-corrected chi connectivity index (χ1v) is 7.33. The minimum atomic E-state index is -4.41. The molecule has 1 aromatic heterocycles. The number of fused-ring (bicyclic) bond motifs is 1. The maximum atomic E-state index is 12.9. The molecule has 1 fully saturated rings. The summed E-state index contributed by atoms with van der Waals surface area (Å²) in [5.74, 6) is 0.282. The van der Waals surface area contributed by atoms with Crippen molar-refractivity contribution in [3.8, 4) is 0 Å². The van der Waals surface area contributed by atoms with E-state index >= 15 is 0 Å². The van der Waals surface area contributed by atoms with Gasteiger partial charge in [0.15, 0.2) is 0 Å². The summed E-state index contributed by atoms with van der Waals surface area (Å²) in [7, 11) is 2.02. The number of hydrogen-bond donors (Lipinski definition) is 1. The maximum absolute atomic E-state index is 12.9. The molecule has 1 aromatic carbocycles. The molecular formula is C15H18F3N3O. The molecule has 1 N–H and O–H groups in total. The Kier molecular flexibility index (Phi) is 3.76. The Balaban J connectivity index is 1.97. The van der Waals surface area contributed by atoms with Crippen LogP contribution in [0.3, 0.4) is 0 Å². The minimum absolute atomic E-state index is 0.282. The highest BCUT2D eigenvalue weighted by atomic mass is 19.4. The highest BCUT2D eigenvalue weighted by molar-refractivity contribution is 5.76. The summed E-state index contributed by atoms with van der Waals surface area (Å²) in [6.45, 7) is 2.33. The standard InChI is InChI=1S/C15H18F3N3O/c1-20-6-2-3-10(8-20)9-21-13-7-11(15(16,17)18)4-5-12(13)19-14(21)22/h4-5,7,10H,2-3,6,8-9H2,1H3,(H,19,22). The third-order valence-electron chi connectivity index (χ3n) is 4.27. The number of aromatic amines is 1. The summed E-state index contributed by atoms with van der Waals surface area (Å²) in [5, 5.41) is 0. The molecule has 1 aliphatic rings. The van der Waals surface area contributed by atoms with Crippen molar-refractivity contribution in [3.63, 3.8) is 0 Å². The quantitative estimate of drug-likeness (QED) is 0.926. The lowest BCUT2D eigenvalue weighted by Gasteiger charge is -2.29. The molecule has 22 heavy (non-hydrogen) atoms. The van der Waals surface area contributed by atoms with Gasteiger partial charge in [0.25, 0.3) is 0 Å². The van der Waals surface area contributed by atoms with E-state index in [9.17, 15) is 18.0 Å². The van der Waals surface area contributed by atoms with Gasteiger partial charge in [-0.2, -0.15) is 13.2 Å². The Morgan fingerprint density at radius 3 is 2.82 bits per heavy atom. The van der Waals surface area contributed by atoms with Gasteiger partial charge in [-0.1, -0.05) is 0 Å². The molecule has 1 atom stereocenters. The molecule has 0 amide bonds. The monoisotopic (exact) mass is 313 g/mol. The fraction of sp³-hybridized carbons (Fsp3) is 0.533. The van der Waals surface area contributed by atoms with Crippen molar-refractivity contribution in [2.75, 3.05) is 20.1 Å². The van der Waals surface area contributed by atoms with E-state index < -0.39 is 11.7 Å². The highest BCUT2D eigenvalue weighted by Crippen LogP contribution is 2.31. The van der Waals surface area contributed by atoms with Crippen LogP contribution >= 0.6 is 0 Å². The Bertz CT molecular complexity index is 732. The zero-order valence-electron chi connectivity index (χ0n) is 12.3. The van der Waals surface area contributed by atoms with Crippen LogP contribution < -0.4 is 5.69 Å². The van der Waals surface area contributed by atoms with Crippen LogP contribution in [0.15, 0.2) is 23.0 Å². The molecule has 4 nitrogen and oxygen atoms in total. The molecule has 1 aliphatic heterocycles. The number of likely N-dealkylation sites (tertiary alicyclic amines) is 1. The van der Waals surface area contributed by atoms with E-state index in [1.807, 2.05) is 7.05 Å². The lowest BCUT2D eigenvalue weighted by molar-refractivity contribution is -0.137. The van der Waals surface area contributed by atoms with Gasteiger partial charge in [0.2, 0.25) is 0 Å². The van der Waals surface area contributed by atoms with Crippen molar-refractivity contribution < 1.29 is 13.2 Å². The summed E-state index contributed by atoms with van der Waals surface area (Å²) in [4.78, 5) is 16.9. The number of benzene rings is 1. The minimum Gasteiger partial charge on any atom is -0.306 e. The first-order chi connectivity index (χ1) is 10.3. The normalized spacial score (nSPS) is 20.6. The summed E-state index contributed by atoms with van der Waals surface area (Å²) >= 11 is 0. The van der Waals surface area contributed by atoms with Crippen LogP contribution in [0.4, 0.5) is 13.2 Å². The summed E-state index contributed by atoms with van der Waals surface area (Å²) < 4.78 is 40.0. The van der Waals surface area contributed by atoms with Crippen LogP contribution in [0.2, 0.25) is 0 Å². The van der Waals surface area contributed by atoms with Crippen molar-refractivity contribution >= 4 is 11.0 Å². The fourth-order valence-corrected chi connectivity index (χ4v) is 3.19. The number of H-pyrrole nitrogens is 1. The molecule has 7 heteroatoms. The number of imidazole rings is 1. The molecule has 120 valence electrons. The zero-order valence-corrected chi connectivity index (χ0v) is 12.3.